The molecule has 0 aliphatic carbocycles. The number of ether oxygens (including phenoxy) is 2. The molecule has 0 aromatic heterocycles. The maximum absolute atomic E-state index is 13.3. The number of nitrogens with zero attached hydrogens (tertiary/aromatic N) is 1. The topological polar surface area (TPSA) is 50.8 Å². The largest absolute Gasteiger partial charge is 0.490 e. The second-order valence-corrected chi connectivity index (χ2v) is 9.75. The number of hydrogen-bond donors (Lipinski definition) is 1. The minimum atomic E-state index is -0.0954. The molecule has 0 saturated carbocycles. The summed E-state index contributed by atoms with van der Waals surface area (Å²) in [6, 6.07) is 14.4. The molecular weight excluding hydrogens is 503 g/mol. The number of fused-ring (bicyclic) bond motifs is 1. The fraction of sp³-hybridized carbons (Fsp3) is 0.480. The normalized spacial score (nSPS) is 14.2. The van der Waals surface area contributed by atoms with Crippen LogP contribution in [0.5, 0.6) is 11.5 Å². The van der Waals surface area contributed by atoms with Gasteiger partial charge in [0.25, 0.3) is 0 Å². The molecule has 1 N–H and O–H groups in total. The van der Waals surface area contributed by atoms with E-state index in [4.69, 9.17) is 9.47 Å². The molecule has 2 aromatic carbocycles. The quantitative estimate of drug-likeness (QED) is 0.465. The lowest BCUT2D eigenvalue weighted by Gasteiger charge is -2.28. The number of carbonyl (C=O) groups is 1. The molecule has 1 aliphatic rings. The monoisotopic (exact) mass is 536 g/mol. The molecule has 0 unspecified atom stereocenters. The Labute approximate surface area is 199 Å². The summed E-state index contributed by atoms with van der Waals surface area (Å²) in [4.78, 5) is 15.3. The summed E-state index contributed by atoms with van der Waals surface area (Å²) >= 11 is 2.29. The summed E-state index contributed by atoms with van der Waals surface area (Å²) in [6.45, 7) is 10.4. The number of rotatable bonds is 9. The molecule has 1 atom stereocenters. The second kappa shape index (κ2) is 11.7. The lowest BCUT2D eigenvalue weighted by molar-refractivity contribution is -0.136. The van der Waals surface area contributed by atoms with Crippen LogP contribution in [0.15, 0.2) is 42.5 Å². The first kappa shape index (κ1) is 23.9. The molecule has 1 aliphatic heterocycles. The van der Waals surface area contributed by atoms with Crippen LogP contribution in [0.1, 0.15) is 38.3 Å². The Kier molecular flexibility index (Phi) is 9.02. The maximum Gasteiger partial charge on any atom is 0.226 e. The first-order chi connectivity index (χ1) is 14.9. The van der Waals surface area contributed by atoms with Crippen molar-refractivity contribution in [2.75, 3.05) is 26.3 Å². The predicted octanol–water partition coefficient (Wildman–Crippen LogP) is 4.86. The van der Waals surface area contributed by atoms with E-state index in [0.717, 1.165) is 40.1 Å². The van der Waals surface area contributed by atoms with Crippen molar-refractivity contribution in [1.29, 1.82) is 0 Å². The van der Waals surface area contributed by atoms with Gasteiger partial charge in [0.05, 0.1) is 16.8 Å². The van der Waals surface area contributed by atoms with Gasteiger partial charge in [0.1, 0.15) is 0 Å². The Morgan fingerprint density at radius 2 is 1.84 bits per heavy atom. The Balaban J connectivity index is 1.65. The van der Waals surface area contributed by atoms with Gasteiger partial charge in [-0.05, 0) is 51.8 Å². The smallest absolute Gasteiger partial charge is 0.226 e. The predicted molar refractivity (Wildman–Crippen MR) is 132 cm³/mol. The van der Waals surface area contributed by atoms with Crippen LogP contribution in [0.3, 0.4) is 0 Å². The number of carbonyl (C=O) groups excluding carboxylic acids is 1. The highest BCUT2D eigenvalue weighted by Gasteiger charge is 2.23. The van der Waals surface area contributed by atoms with Crippen LogP contribution in [0, 0.1) is 15.4 Å². The van der Waals surface area contributed by atoms with Gasteiger partial charge in [0.15, 0.2) is 11.5 Å². The minimum Gasteiger partial charge on any atom is -0.490 e. The molecular formula is C25H33IN2O3. The standard InChI is InChI=1S/C25H33IN2O3/c1-18(2)16-28(25(29)19(3)14-27-15-20-8-5-4-6-9-20)17-21-12-22(26)24-23(13-21)30-10-7-11-31-24/h4-6,8-9,12-13,18-19,27H,7,10-11,14-17H2,1-3H3/t19-/m1/s1. The minimum absolute atomic E-state index is 0.0954. The second-order valence-electron chi connectivity index (χ2n) is 8.59. The van der Waals surface area contributed by atoms with Crippen molar-refractivity contribution in [3.05, 3.63) is 57.2 Å². The molecule has 0 spiro atoms. The lowest BCUT2D eigenvalue weighted by Crippen LogP contribution is -2.40. The number of benzene rings is 2. The van der Waals surface area contributed by atoms with Gasteiger partial charge in [-0.1, -0.05) is 51.1 Å². The number of halogens is 1. The number of hydrogen-bond acceptors (Lipinski definition) is 4. The highest BCUT2D eigenvalue weighted by Crippen LogP contribution is 2.36. The molecule has 0 radical (unpaired) electrons. The van der Waals surface area contributed by atoms with E-state index in [9.17, 15) is 4.79 Å². The molecule has 0 fully saturated rings. The Morgan fingerprint density at radius 3 is 2.58 bits per heavy atom. The van der Waals surface area contributed by atoms with E-state index in [1.54, 1.807) is 0 Å². The molecule has 2 aromatic rings. The van der Waals surface area contributed by atoms with Crippen LogP contribution >= 0.6 is 22.6 Å². The zero-order valence-corrected chi connectivity index (χ0v) is 20.9. The average molecular weight is 536 g/mol. The van der Waals surface area contributed by atoms with Crippen molar-refractivity contribution in [2.45, 2.75) is 40.3 Å². The zero-order chi connectivity index (χ0) is 22.2. The van der Waals surface area contributed by atoms with Gasteiger partial charge < -0.3 is 19.7 Å². The third-order valence-corrected chi connectivity index (χ3v) is 5.98. The van der Waals surface area contributed by atoms with Crippen LogP contribution in [0.25, 0.3) is 0 Å². The van der Waals surface area contributed by atoms with Gasteiger partial charge in [-0.15, -0.1) is 0 Å². The highest BCUT2D eigenvalue weighted by molar-refractivity contribution is 14.1. The fourth-order valence-electron chi connectivity index (χ4n) is 3.70. The van der Waals surface area contributed by atoms with Crippen molar-refractivity contribution in [3.63, 3.8) is 0 Å². The van der Waals surface area contributed by atoms with Gasteiger partial charge in [-0.3, -0.25) is 4.79 Å². The van der Waals surface area contributed by atoms with E-state index in [1.807, 2.05) is 36.1 Å². The number of amides is 1. The van der Waals surface area contributed by atoms with Gasteiger partial charge in [0, 0.05) is 38.5 Å². The van der Waals surface area contributed by atoms with Crippen LogP contribution < -0.4 is 14.8 Å². The van der Waals surface area contributed by atoms with E-state index >= 15 is 0 Å². The summed E-state index contributed by atoms with van der Waals surface area (Å²) in [5.74, 6) is 2.09. The fourth-order valence-corrected chi connectivity index (χ4v) is 4.52. The van der Waals surface area contributed by atoms with Crippen molar-refractivity contribution >= 4 is 28.5 Å². The SMILES string of the molecule is CC(C)CN(Cc1cc(I)c2c(c1)OCCCO2)C(=O)[C@H](C)CNCc1ccccc1. The van der Waals surface area contributed by atoms with Gasteiger partial charge >= 0.3 is 0 Å². The van der Waals surface area contributed by atoms with Crippen LogP contribution in [0.4, 0.5) is 0 Å². The van der Waals surface area contributed by atoms with Gasteiger partial charge in [-0.25, -0.2) is 0 Å². The maximum atomic E-state index is 13.3. The molecule has 5 nitrogen and oxygen atoms in total. The first-order valence-corrected chi connectivity index (χ1v) is 12.1. The van der Waals surface area contributed by atoms with Crippen LogP contribution in [-0.2, 0) is 17.9 Å². The third kappa shape index (κ3) is 7.10. The molecule has 31 heavy (non-hydrogen) atoms. The molecule has 168 valence electrons. The first-order valence-electron chi connectivity index (χ1n) is 11.1. The Morgan fingerprint density at radius 1 is 1.10 bits per heavy atom. The van der Waals surface area contributed by atoms with E-state index in [1.165, 1.54) is 5.56 Å². The highest BCUT2D eigenvalue weighted by atomic mass is 127. The summed E-state index contributed by atoms with van der Waals surface area (Å²) < 4.78 is 12.8. The number of nitrogens with one attached hydrogen (secondary N) is 1. The van der Waals surface area contributed by atoms with E-state index in [2.05, 4.69) is 60.0 Å². The average Bonchev–Trinajstić information content (AvgIpc) is 2.99. The molecule has 3 rings (SSSR count). The van der Waals surface area contributed by atoms with Gasteiger partial charge in [0.2, 0.25) is 5.91 Å². The summed E-state index contributed by atoms with van der Waals surface area (Å²) in [6.07, 6.45) is 0.881. The molecule has 0 bridgehead atoms. The summed E-state index contributed by atoms with van der Waals surface area (Å²) in [5, 5.41) is 3.43. The van der Waals surface area contributed by atoms with Crippen molar-refractivity contribution in [2.24, 2.45) is 11.8 Å². The van der Waals surface area contributed by atoms with E-state index < -0.39 is 0 Å². The summed E-state index contributed by atoms with van der Waals surface area (Å²) in [5.41, 5.74) is 2.30. The van der Waals surface area contributed by atoms with E-state index in [-0.39, 0.29) is 11.8 Å². The zero-order valence-electron chi connectivity index (χ0n) is 18.7. The summed E-state index contributed by atoms with van der Waals surface area (Å²) in [7, 11) is 0. The Hall–Kier alpha value is -1.80. The van der Waals surface area contributed by atoms with Crippen molar-refractivity contribution in [3.8, 4) is 11.5 Å². The van der Waals surface area contributed by atoms with E-state index in [0.29, 0.717) is 32.2 Å². The van der Waals surface area contributed by atoms with Crippen molar-refractivity contribution in [1.82, 2.24) is 10.2 Å². The van der Waals surface area contributed by atoms with Crippen molar-refractivity contribution < 1.29 is 14.3 Å². The van der Waals surface area contributed by atoms with Crippen LogP contribution in [0.2, 0.25) is 0 Å². The third-order valence-electron chi connectivity index (χ3n) is 5.18. The molecule has 1 amide bonds. The van der Waals surface area contributed by atoms with Gasteiger partial charge in [-0.2, -0.15) is 0 Å². The lowest BCUT2D eigenvalue weighted by atomic mass is 10.1. The van der Waals surface area contributed by atoms with Crippen LogP contribution in [-0.4, -0.2) is 37.1 Å². The molecule has 6 heteroatoms. The molecule has 1 heterocycles. The Bertz CT molecular complexity index is 857. The molecule has 0 saturated heterocycles.